The van der Waals surface area contributed by atoms with Gasteiger partial charge in [-0.15, -0.1) is 0 Å². The van der Waals surface area contributed by atoms with Gasteiger partial charge in [-0.25, -0.2) is 0 Å². The Morgan fingerprint density at radius 1 is 0.920 bits per heavy atom. The lowest BCUT2D eigenvalue weighted by Gasteiger charge is -2.04. The fourth-order valence-corrected chi connectivity index (χ4v) is 3.35. The van der Waals surface area contributed by atoms with Crippen LogP contribution in [0.15, 0.2) is 48.5 Å². The third-order valence-corrected chi connectivity index (χ3v) is 4.77. The van der Waals surface area contributed by atoms with Crippen molar-refractivity contribution in [1.29, 1.82) is 0 Å². The van der Waals surface area contributed by atoms with Crippen LogP contribution in [0.4, 0.5) is 0 Å². The second-order valence-electron chi connectivity index (χ2n) is 6.94. The van der Waals surface area contributed by atoms with Crippen LogP contribution in [0.2, 0.25) is 0 Å². The molecule has 0 bridgehead atoms. The van der Waals surface area contributed by atoms with Crippen LogP contribution in [0.3, 0.4) is 0 Å². The van der Waals surface area contributed by atoms with Crippen LogP contribution >= 0.6 is 0 Å². The van der Waals surface area contributed by atoms with Crippen molar-refractivity contribution >= 4 is 12.0 Å². The van der Waals surface area contributed by atoms with Crippen LogP contribution in [0.1, 0.15) is 42.0 Å². The Kier molecular flexibility index (Phi) is 4.54. The lowest BCUT2D eigenvalue weighted by Crippen LogP contribution is -2.26. The summed E-state index contributed by atoms with van der Waals surface area (Å²) in [7, 11) is 0. The molecule has 0 fully saturated rings. The highest BCUT2D eigenvalue weighted by Gasteiger charge is 2.15. The predicted molar refractivity (Wildman–Crippen MR) is 105 cm³/mol. The summed E-state index contributed by atoms with van der Waals surface area (Å²) in [6.07, 6.45) is 2.03. The summed E-state index contributed by atoms with van der Waals surface area (Å²) in [5.74, 6) is -0.179. The summed E-state index contributed by atoms with van der Waals surface area (Å²) in [5, 5.41) is 20.3. The van der Waals surface area contributed by atoms with Gasteiger partial charge in [-0.1, -0.05) is 56.3 Å². The molecule has 0 saturated carbocycles. The Morgan fingerprint density at radius 2 is 1.64 bits per heavy atom. The van der Waals surface area contributed by atoms with Gasteiger partial charge < -0.3 is 10.2 Å². The summed E-state index contributed by atoms with van der Waals surface area (Å²) in [5.41, 5.74) is 7.35. The molecule has 0 atom stereocenters. The van der Waals surface area contributed by atoms with E-state index in [1.807, 2.05) is 18.2 Å². The Morgan fingerprint density at radius 3 is 2.32 bits per heavy atom. The molecule has 1 aromatic rings. The van der Waals surface area contributed by atoms with Crippen molar-refractivity contribution in [2.75, 3.05) is 0 Å². The molecule has 1 aromatic carbocycles. The van der Waals surface area contributed by atoms with E-state index in [0.717, 1.165) is 10.8 Å². The van der Waals surface area contributed by atoms with Crippen LogP contribution < -0.4 is 10.4 Å². The van der Waals surface area contributed by atoms with E-state index in [-0.39, 0.29) is 0 Å². The molecule has 2 heteroatoms. The van der Waals surface area contributed by atoms with Crippen LogP contribution in [0.5, 0.6) is 0 Å². The van der Waals surface area contributed by atoms with Gasteiger partial charge in [0.1, 0.15) is 0 Å². The first-order chi connectivity index (χ1) is 11.9. The molecular weight excluding hydrogens is 308 g/mol. The average Bonchev–Trinajstić information content (AvgIpc) is 2.74. The van der Waals surface area contributed by atoms with Gasteiger partial charge in [0.2, 0.25) is 0 Å². The summed E-state index contributed by atoms with van der Waals surface area (Å²) in [6, 6.07) is 16.1. The van der Waals surface area contributed by atoms with Crippen molar-refractivity contribution < 1.29 is 10.2 Å². The largest absolute Gasteiger partial charge is 0.481 e. The number of aliphatic hydroxyl groups is 2. The van der Waals surface area contributed by atoms with Gasteiger partial charge in [-0.05, 0) is 70.5 Å². The lowest BCUT2D eigenvalue weighted by atomic mass is 10.00. The Labute approximate surface area is 148 Å². The van der Waals surface area contributed by atoms with E-state index in [9.17, 15) is 10.2 Å². The van der Waals surface area contributed by atoms with Gasteiger partial charge in [-0.3, -0.25) is 0 Å². The molecule has 2 aliphatic rings. The summed E-state index contributed by atoms with van der Waals surface area (Å²) >= 11 is 0. The number of benzene rings is 1. The fourth-order valence-electron chi connectivity index (χ4n) is 3.35. The molecule has 0 spiro atoms. The minimum atomic E-state index is -0.649. The average molecular weight is 332 g/mol. The molecule has 0 amide bonds. The molecule has 3 rings (SSSR count). The summed E-state index contributed by atoms with van der Waals surface area (Å²) in [6.45, 7) is 8.67. The summed E-state index contributed by atoms with van der Waals surface area (Å²) in [4.78, 5) is 0. The molecule has 0 heterocycles. The first kappa shape index (κ1) is 17.1. The molecule has 2 nitrogen and oxygen atoms in total. The number of aliphatic hydroxyl groups excluding tert-OH is 1. The van der Waals surface area contributed by atoms with Crippen molar-refractivity contribution in [2.45, 2.75) is 33.6 Å². The van der Waals surface area contributed by atoms with Gasteiger partial charge in [0, 0.05) is 0 Å². The molecule has 2 aliphatic carbocycles. The maximum absolute atomic E-state index is 9.55. The topological polar surface area (TPSA) is 40.5 Å². The van der Waals surface area contributed by atoms with Gasteiger partial charge in [0.05, 0.1) is 5.22 Å². The molecule has 0 unspecified atom stereocenters. The Balaban J connectivity index is 2.33. The molecule has 2 N–H and O–H groups in total. The second-order valence-corrected chi connectivity index (χ2v) is 6.94. The number of hydrogen-bond acceptors (Lipinski definition) is 2. The number of aryl methyl sites for hydroxylation is 2. The minimum absolute atomic E-state index is 0.440. The zero-order chi connectivity index (χ0) is 18.1. The lowest BCUT2D eigenvalue weighted by molar-refractivity contribution is 0.298. The van der Waals surface area contributed by atoms with Crippen molar-refractivity contribution in [1.82, 2.24) is 0 Å². The van der Waals surface area contributed by atoms with Crippen molar-refractivity contribution in [2.24, 2.45) is 0 Å². The van der Waals surface area contributed by atoms with Crippen LogP contribution in [0, 0.1) is 13.8 Å². The maximum atomic E-state index is 9.55. The van der Waals surface area contributed by atoms with Crippen LogP contribution in [-0.2, 0) is 0 Å². The van der Waals surface area contributed by atoms with E-state index in [4.69, 9.17) is 0 Å². The van der Waals surface area contributed by atoms with Gasteiger partial charge >= 0.3 is 0 Å². The first-order valence-corrected chi connectivity index (χ1v) is 8.61. The molecular formula is C23H24O2. The molecule has 0 radical (unpaired) electrons. The van der Waals surface area contributed by atoms with E-state index < -0.39 is 5.95 Å². The zero-order valence-corrected chi connectivity index (χ0v) is 15.2. The van der Waals surface area contributed by atoms with E-state index in [2.05, 4.69) is 52.0 Å². The molecule has 0 aromatic heterocycles. The minimum Gasteiger partial charge on any atom is -0.481 e. The third kappa shape index (κ3) is 3.25. The smallest absolute Gasteiger partial charge is 0.282 e. The third-order valence-electron chi connectivity index (χ3n) is 4.77. The first-order valence-electron chi connectivity index (χ1n) is 8.61. The Bertz CT molecular complexity index is 1010. The standard InChI is InChI=1S/C23H24O2/c1-14(2)17-10-9-15(3)22-19(11-16(4)21(22)13-17)12-18-7-5-6-8-20(18)23(24)25/h5-14,24-25H,1-4H3/b18-12+. The SMILES string of the molecule is Cc1cc(/C=c2\ccccc2=C(O)O)c2c(C)ccc(C(C)C)cc1-2. The normalized spacial score (nSPS) is 12.1. The second kappa shape index (κ2) is 6.64. The van der Waals surface area contributed by atoms with Gasteiger partial charge in [0.25, 0.3) is 5.95 Å². The van der Waals surface area contributed by atoms with Crippen molar-refractivity contribution in [3.8, 4) is 11.1 Å². The van der Waals surface area contributed by atoms with E-state index in [1.165, 1.54) is 27.8 Å². The maximum Gasteiger partial charge on any atom is 0.282 e. The predicted octanol–water partition coefficient (Wildman–Crippen LogP) is 4.54. The molecule has 25 heavy (non-hydrogen) atoms. The molecule has 0 saturated heterocycles. The highest BCUT2D eigenvalue weighted by atomic mass is 16.5. The van der Waals surface area contributed by atoms with E-state index in [0.29, 0.717) is 11.1 Å². The monoisotopic (exact) mass is 332 g/mol. The zero-order valence-electron chi connectivity index (χ0n) is 15.2. The highest BCUT2D eigenvalue weighted by molar-refractivity contribution is 5.84. The number of hydrogen-bond donors (Lipinski definition) is 2. The van der Waals surface area contributed by atoms with Gasteiger partial charge in [0.15, 0.2) is 0 Å². The molecule has 128 valence electrons. The number of fused-ring (bicyclic) bond motifs is 1. The molecule has 0 aliphatic heterocycles. The fraction of sp³-hybridized carbons (Fsp3) is 0.217. The summed E-state index contributed by atoms with van der Waals surface area (Å²) < 4.78 is 0. The van der Waals surface area contributed by atoms with E-state index in [1.54, 1.807) is 12.1 Å². The van der Waals surface area contributed by atoms with Crippen LogP contribution in [0.25, 0.3) is 23.1 Å². The van der Waals surface area contributed by atoms with Crippen molar-refractivity contribution in [3.05, 3.63) is 81.2 Å². The number of rotatable bonds is 2. The van der Waals surface area contributed by atoms with Crippen LogP contribution in [-0.4, -0.2) is 10.2 Å². The van der Waals surface area contributed by atoms with Crippen molar-refractivity contribution in [3.63, 3.8) is 0 Å². The van der Waals surface area contributed by atoms with E-state index >= 15 is 0 Å². The Hall–Kier alpha value is -2.74. The van der Waals surface area contributed by atoms with Gasteiger partial charge in [-0.2, -0.15) is 0 Å². The highest BCUT2D eigenvalue weighted by Crippen LogP contribution is 2.36. The quantitative estimate of drug-likeness (QED) is 0.723.